The zero-order valence-corrected chi connectivity index (χ0v) is 15.4. The van der Waals surface area contributed by atoms with Crippen LogP contribution in [-0.4, -0.2) is 53.9 Å². The Balaban J connectivity index is 1.64. The molecule has 142 valence electrons. The van der Waals surface area contributed by atoms with E-state index >= 15 is 0 Å². The predicted octanol–water partition coefficient (Wildman–Crippen LogP) is 1.73. The van der Waals surface area contributed by atoms with Crippen LogP contribution in [0.2, 0.25) is 0 Å². The van der Waals surface area contributed by atoms with Gasteiger partial charge in [0.1, 0.15) is 11.3 Å². The van der Waals surface area contributed by atoms with E-state index < -0.39 is 5.63 Å². The van der Waals surface area contributed by atoms with Gasteiger partial charge in [0.25, 0.3) is 5.91 Å². The Labute approximate surface area is 156 Å². The number of fused-ring (bicyclic) bond motifs is 1. The summed E-state index contributed by atoms with van der Waals surface area (Å²) >= 11 is 0. The van der Waals surface area contributed by atoms with Gasteiger partial charge < -0.3 is 19.0 Å². The van der Waals surface area contributed by atoms with E-state index in [0.29, 0.717) is 31.0 Å². The molecule has 1 saturated heterocycles. The average Bonchev–Trinajstić information content (AvgIpc) is 2.65. The number of ether oxygens (including phenoxy) is 1. The largest absolute Gasteiger partial charge is 0.484 e. The van der Waals surface area contributed by atoms with Gasteiger partial charge in [-0.05, 0) is 43.7 Å². The van der Waals surface area contributed by atoms with E-state index in [-0.39, 0.29) is 24.5 Å². The van der Waals surface area contributed by atoms with Gasteiger partial charge >= 0.3 is 5.63 Å². The summed E-state index contributed by atoms with van der Waals surface area (Å²) in [4.78, 5) is 39.0. The molecule has 0 bridgehead atoms. The van der Waals surface area contributed by atoms with E-state index in [2.05, 4.69) is 6.58 Å². The van der Waals surface area contributed by atoms with Gasteiger partial charge in [-0.2, -0.15) is 0 Å². The topological polar surface area (TPSA) is 80.1 Å². The highest BCUT2D eigenvalue weighted by Gasteiger charge is 2.29. The quantitative estimate of drug-likeness (QED) is 0.605. The van der Waals surface area contributed by atoms with Crippen LogP contribution in [0.1, 0.15) is 12.5 Å². The third-order valence-electron chi connectivity index (χ3n) is 4.72. The van der Waals surface area contributed by atoms with Gasteiger partial charge in [0.05, 0.1) is 0 Å². The van der Waals surface area contributed by atoms with Crippen molar-refractivity contribution in [1.82, 2.24) is 9.80 Å². The number of aryl methyl sites for hydroxylation is 1. The number of benzene rings is 1. The summed E-state index contributed by atoms with van der Waals surface area (Å²) in [5.41, 5.74) is 0.872. The first-order chi connectivity index (χ1) is 12.9. The lowest BCUT2D eigenvalue weighted by atomic mass is 10.1. The minimum atomic E-state index is -0.396. The van der Waals surface area contributed by atoms with E-state index in [9.17, 15) is 14.4 Å². The molecule has 0 saturated carbocycles. The highest BCUT2D eigenvalue weighted by molar-refractivity contribution is 5.87. The van der Waals surface area contributed by atoms with Crippen molar-refractivity contribution in [3.05, 3.63) is 52.9 Å². The molecule has 0 spiro atoms. The number of carbonyl (C=O) groups is 2. The van der Waals surface area contributed by atoms with Crippen molar-refractivity contribution in [1.29, 1.82) is 0 Å². The molecule has 0 unspecified atom stereocenters. The van der Waals surface area contributed by atoms with Crippen molar-refractivity contribution in [2.24, 2.45) is 0 Å². The highest BCUT2D eigenvalue weighted by Crippen LogP contribution is 2.22. The maximum Gasteiger partial charge on any atom is 0.336 e. The fourth-order valence-corrected chi connectivity index (χ4v) is 3.27. The Morgan fingerprint density at radius 3 is 2.81 bits per heavy atom. The van der Waals surface area contributed by atoms with Gasteiger partial charge in [-0.1, -0.05) is 6.58 Å². The molecule has 7 nitrogen and oxygen atoms in total. The van der Waals surface area contributed by atoms with Crippen LogP contribution in [0, 0.1) is 6.92 Å². The van der Waals surface area contributed by atoms with E-state index in [0.717, 1.165) is 10.9 Å². The highest BCUT2D eigenvalue weighted by atomic mass is 16.5. The molecule has 0 N–H and O–H groups in total. The Morgan fingerprint density at radius 1 is 1.33 bits per heavy atom. The zero-order chi connectivity index (χ0) is 19.6. The van der Waals surface area contributed by atoms with Crippen molar-refractivity contribution >= 4 is 22.8 Å². The summed E-state index contributed by atoms with van der Waals surface area (Å²) in [7, 11) is 0. The molecule has 2 aromatic rings. The molecule has 27 heavy (non-hydrogen) atoms. The van der Waals surface area contributed by atoms with Gasteiger partial charge in [0.2, 0.25) is 5.91 Å². The van der Waals surface area contributed by atoms with Gasteiger partial charge in [-0.3, -0.25) is 9.59 Å². The monoisotopic (exact) mass is 370 g/mol. The molecule has 1 aliphatic rings. The average molecular weight is 370 g/mol. The second kappa shape index (κ2) is 7.65. The lowest BCUT2D eigenvalue weighted by molar-refractivity contribution is -0.141. The minimum absolute atomic E-state index is 0.0909. The number of piperazine rings is 1. The van der Waals surface area contributed by atoms with Crippen molar-refractivity contribution < 1.29 is 18.7 Å². The molecular formula is C20H22N2O5. The van der Waals surface area contributed by atoms with Gasteiger partial charge in [0, 0.05) is 37.1 Å². The Kier molecular flexibility index (Phi) is 5.30. The molecule has 7 heteroatoms. The van der Waals surface area contributed by atoms with Crippen LogP contribution >= 0.6 is 0 Å². The summed E-state index contributed by atoms with van der Waals surface area (Å²) in [5.74, 6) is 0.272. The van der Waals surface area contributed by atoms with Crippen LogP contribution < -0.4 is 10.4 Å². The van der Waals surface area contributed by atoms with E-state index in [4.69, 9.17) is 9.15 Å². The number of carbonyl (C=O) groups excluding carboxylic acids is 2. The standard InChI is InChI=1S/C20H22N2O5/c1-4-18(23)21-7-8-22(14(3)11-21)19(24)12-26-15-5-6-17-16(10-15)13(2)9-20(25)27-17/h4-6,9-10,14H,1,7-8,11-12H2,2-3H3/t14-/m0/s1. The van der Waals surface area contributed by atoms with Crippen LogP contribution in [0.4, 0.5) is 0 Å². The fourth-order valence-electron chi connectivity index (χ4n) is 3.27. The van der Waals surface area contributed by atoms with Crippen LogP contribution in [0.5, 0.6) is 5.75 Å². The number of nitrogens with zero attached hydrogens (tertiary/aromatic N) is 2. The number of hydrogen-bond acceptors (Lipinski definition) is 5. The second-order valence-corrected chi connectivity index (χ2v) is 6.62. The van der Waals surface area contributed by atoms with Crippen molar-refractivity contribution in [2.45, 2.75) is 19.9 Å². The minimum Gasteiger partial charge on any atom is -0.484 e. The first-order valence-corrected chi connectivity index (χ1v) is 8.77. The lowest BCUT2D eigenvalue weighted by Crippen LogP contribution is -2.56. The van der Waals surface area contributed by atoms with Crippen molar-refractivity contribution in [3.8, 4) is 5.75 Å². The van der Waals surface area contributed by atoms with Crippen molar-refractivity contribution in [2.75, 3.05) is 26.2 Å². The van der Waals surface area contributed by atoms with Gasteiger partial charge in [-0.15, -0.1) is 0 Å². The smallest absolute Gasteiger partial charge is 0.336 e. The first kappa shape index (κ1) is 18.7. The number of hydrogen-bond donors (Lipinski definition) is 0. The van der Waals surface area contributed by atoms with E-state index in [1.54, 1.807) is 28.0 Å². The van der Waals surface area contributed by atoms with Gasteiger partial charge in [0.15, 0.2) is 6.61 Å². The Morgan fingerprint density at radius 2 is 2.11 bits per heavy atom. The molecule has 1 atom stereocenters. The molecule has 1 fully saturated rings. The molecule has 0 aliphatic carbocycles. The maximum absolute atomic E-state index is 12.5. The first-order valence-electron chi connectivity index (χ1n) is 8.77. The molecule has 3 rings (SSSR count). The van der Waals surface area contributed by atoms with Crippen LogP contribution in [0.25, 0.3) is 11.0 Å². The molecule has 2 heterocycles. The summed E-state index contributed by atoms with van der Waals surface area (Å²) < 4.78 is 10.8. The van der Waals surface area contributed by atoms with Gasteiger partial charge in [-0.25, -0.2) is 4.79 Å². The Hall–Kier alpha value is -3.09. The molecule has 1 aromatic heterocycles. The van der Waals surface area contributed by atoms with Crippen LogP contribution in [-0.2, 0) is 9.59 Å². The third-order valence-corrected chi connectivity index (χ3v) is 4.72. The van der Waals surface area contributed by atoms with E-state index in [1.165, 1.54) is 12.1 Å². The normalized spacial score (nSPS) is 17.0. The molecule has 1 aromatic carbocycles. The SMILES string of the molecule is C=CC(=O)N1CCN(C(=O)COc2ccc3oc(=O)cc(C)c3c2)[C@@H](C)C1. The zero-order valence-electron chi connectivity index (χ0n) is 15.4. The molecule has 0 radical (unpaired) electrons. The van der Waals surface area contributed by atoms with Crippen LogP contribution in [0.15, 0.2) is 46.1 Å². The van der Waals surface area contributed by atoms with E-state index in [1.807, 2.05) is 13.8 Å². The predicted molar refractivity (Wildman–Crippen MR) is 101 cm³/mol. The number of amides is 2. The maximum atomic E-state index is 12.5. The number of rotatable bonds is 4. The fraction of sp³-hybridized carbons (Fsp3) is 0.350. The summed E-state index contributed by atoms with van der Waals surface area (Å²) in [5, 5.41) is 0.768. The molecule has 2 amide bonds. The third kappa shape index (κ3) is 4.02. The lowest BCUT2D eigenvalue weighted by Gasteiger charge is -2.39. The summed E-state index contributed by atoms with van der Waals surface area (Å²) in [6, 6.07) is 6.41. The Bertz CT molecular complexity index is 949. The molecular weight excluding hydrogens is 348 g/mol. The summed E-state index contributed by atoms with van der Waals surface area (Å²) in [6.45, 7) is 8.54. The molecule has 1 aliphatic heterocycles. The summed E-state index contributed by atoms with van der Waals surface area (Å²) in [6.07, 6.45) is 1.29. The van der Waals surface area contributed by atoms with Crippen LogP contribution in [0.3, 0.4) is 0 Å². The van der Waals surface area contributed by atoms with Crippen molar-refractivity contribution in [3.63, 3.8) is 0 Å². The second-order valence-electron chi connectivity index (χ2n) is 6.62.